The Bertz CT molecular complexity index is 1180. The van der Waals surface area contributed by atoms with Gasteiger partial charge in [-0.25, -0.2) is 4.79 Å². The van der Waals surface area contributed by atoms with E-state index in [4.69, 9.17) is 0 Å². The molecule has 4 nitrogen and oxygen atoms in total. The van der Waals surface area contributed by atoms with Crippen LogP contribution in [-0.2, 0) is 6.42 Å². The molecule has 0 radical (unpaired) electrons. The van der Waals surface area contributed by atoms with E-state index in [1.807, 2.05) is 36.4 Å². The van der Waals surface area contributed by atoms with E-state index in [1.54, 1.807) is 30.1 Å². The number of hydrogen-bond acceptors (Lipinski definition) is 2. The number of carbonyl (C=O) groups excluding carboxylic acids is 1. The molecule has 1 aliphatic rings. The van der Waals surface area contributed by atoms with Crippen molar-refractivity contribution < 1.29 is 14.7 Å². The SMILES string of the molecule is C=C1c2ccc(-c3cccc(C(=O)O)c3)cc2C(=O)N(C)c2ccc(CC)cc21. The van der Waals surface area contributed by atoms with Crippen molar-refractivity contribution in [1.29, 1.82) is 0 Å². The van der Waals surface area contributed by atoms with Crippen LogP contribution in [0.15, 0.2) is 67.2 Å². The normalized spacial score (nSPS) is 13.0. The summed E-state index contributed by atoms with van der Waals surface area (Å²) in [4.78, 5) is 26.2. The molecule has 3 aromatic rings. The molecule has 0 atom stereocenters. The van der Waals surface area contributed by atoms with Gasteiger partial charge in [0.25, 0.3) is 5.91 Å². The van der Waals surface area contributed by atoms with Gasteiger partial charge in [-0.2, -0.15) is 0 Å². The highest BCUT2D eigenvalue weighted by Crippen LogP contribution is 2.38. The van der Waals surface area contributed by atoms with Gasteiger partial charge in [0.15, 0.2) is 0 Å². The summed E-state index contributed by atoms with van der Waals surface area (Å²) >= 11 is 0. The van der Waals surface area contributed by atoms with Gasteiger partial charge in [0.05, 0.1) is 11.3 Å². The topological polar surface area (TPSA) is 57.6 Å². The van der Waals surface area contributed by atoms with Gasteiger partial charge in [-0.15, -0.1) is 0 Å². The summed E-state index contributed by atoms with van der Waals surface area (Å²) in [7, 11) is 1.77. The van der Waals surface area contributed by atoms with Gasteiger partial charge in [-0.05, 0) is 64.6 Å². The lowest BCUT2D eigenvalue weighted by Gasteiger charge is -2.18. The van der Waals surface area contributed by atoms with Gasteiger partial charge < -0.3 is 10.0 Å². The van der Waals surface area contributed by atoms with Crippen molar-refractivity contribution in [2.45, 2.75) is 13.3 Å². The van der Waals surface area contributed by atoms with Crippen molar-refractivity contribution in [1.82, 2.24) is 0 Å². The number of anilines is 1. The fourth-order valence-corrected chi connectivity index (χ4v) is 3.77. The molecule has 0 bridgehead atoms. The van der Waals surface area contributed by atoms with Crippen molar-refractivity contribution in [3.8, 4) is 11.1 Å². The minimum atomic E-state index is -0.979. The molecule has 0 aromatic heterocycles. The number of nitrogens with zero attached hydrogens (tertiary/aromatic N) is 1. The number of benzene rings is 3. The molecule has 1 amide bonds. The largest absolute Gasteiger partial charge is 0.478 e. The molecule has 4 heteroatoms. The van der Waals surface area contributed by atoms with E-state index in [1.165, 1.54) is 5.56 Å². The zero-order valence-corrected chi connectivity index (χ0v) is 16.4. The second-order valence-electron chi connectivity index (χ2n) is 7.19. The average molecular weight is 383 g/mol. The van der Waals surface area contributed by atoms with Gasteiger partial charge in [-0.1, -0.05) is 43.8 Å². The number of fused-ring (bicyclic) bond motifs is 2. The average Bonchev–Trinajstić information content (AvgIpc) is 2.83. The summed E-state index contributed by atoms with van der Waals surface area (Å²) in [5, 5.41) is 9.27. The Labute approximate surface area is 169 Å². The highest BCUT2D eigenvalue weighted by atomic mass is 16.4. The van der Waals surface area contributed by atoms with E-state index in [9.17, 15) is 14.7 Å². The summed E-state index contributed by atoms with van der Waals surface area (Å²) in [6, 6.07) is 18.5. The number of aryl methyl sites for hydroxylation is 1. The lowest BCUT2D eigenvalue weighted by molar-refractivity contribution is 0.0696. The van der Waals surface area contributed by atoms with Crippen LogP contribution in [0.3, 0.4) is 0 Å². The molecule has 3 aromatic carbocycles. The van der Waals surface area contributed by atoms with E-state index in [-0.39, 0.29) is 11.5 Å². The third kappa shape index (κ3) is 3.13. The Morgan fingerprint density at radius 1 is 0.966 bits per heavy atom. The summed E-state index contributed by atoms with van der Waals surface area (Å²) in [6.07, 6.45) is 0.907. The quantitative estimate of drug-likeness (QED) is 0.671. The van der Waals surface area contributed by atoms with Crippen LogP contribution in [0.2, 0.25) is 0 Å². The van der Waals surface area contributed by atoms with Gasteiger partial charge in [0.2, 0.25) is 0 Å². The molecule has 0 fully saturated rings. The number of aromatic carboxylic acids is 1. The molecule has 0 saturated heterocycles. The van der Waals surface area contributed by atoms with Crippen molar-refractivity contribution in [3.05, 3.63) is 95.1 Å². The highest BCUT2D eigenvalue weighted by molar-refractivity contribution is 6.14. The number of carboxylic acids is 1. The second-order valence-corrected chi connectivity index (χ2v) is 7.19. The van der Waals surface area contributed by atoms with Gasteiger partial charge in [0, 0.05) is 18.2 Å². The lowest BCUT2D eigenvalue weighted by Crippen LogP contribution is -2.26. The first-order valence-electron chi connectivity index (χ1n) is 9.49. The Morgan fingerprint density at radius 2 is 1.72 bits per heavy atom. The first kappa shape index (κ1) is 18.7. The molecular weight excluding hydrogens is 362 g/mol. The molecule has 0 saturated carbocycles. The summed E-state index contributed by atoms with van der Waals surface area (Å²) < 4.78 is 0. The molecule has 0 spiro atoms. The molecule has 4 rings (SSSR count). The van der Waals surface area contributed by atoms with E-state index in [2.05, 4.69) is 19.6 Å². The number of amides is 1. The van der Waals surface area contributed by atoms with Crippen LogP contribution in [-0.4, -0.2) is 24.0 Å². The van der Waals surface area contributed by atoms with Gasteiger partial charge in [-0.3, -0.25) is 4.79 Å². The van der Waals surface area contributed by atoms with E-state index in [0.29, 0.717) is 5.56 Å². The van der Waals surface area contributed by atoms with Crippen LogP contribution in [0.5, 0.6) is 0 Å². The molecule has 29 heavy (non-hydrogen) atoms. The number of rotatable bonds is 3. The molecule has 1 heterocycles. The van der Waals surface area contributed by atoms with Crippen LogP contribution >= 0.6 is 0 Å². The monoisotopic (exact) mass is 383 g/mol. The summed E-state index contributed by atoms with van der Waals surface area (Å²) in [5.74, 6) is -1.09. The third-order valence-electron chi connectivity index (χ3n) is 5.48. The number of hydrogen-bond donors (Lipinski definition) is 1. The van der Waals surface area contributed by atoms with Crippen molar-refractivity contribution >= 4 is 23.1 Å². The van der Waals surface area contributed by atoms with Crippen LogP contribution < -0.4 is 4.90 Å². The van der Waals surface area contributed by atoms with Crippen LogP contribution in [0, 0.1) is 0 Å². The Kier molecular flexibility index (Phi) is 4.55. The maximum absolute atomic E-state index is 13.2. The molecule has 0 unspecified atom stereocenters. The smallest absolute Gasteiger partial charge is 0.335 e. The molecule has 144 valence electrons. The summed E-state index contributed by atoms with van der Waals surface area (Å²) in [6.45, 7) is 6.38. The molecule has 0 aliphatic carbocycles. The first-order chi connectivity index (χ1) is 13.9. The predicted octanol–water partition coefficient (Wildman–Crippen LogP) is 5.27. The lowest BCUT2D eigenvalue weighted by atomic mass is 9.91. The van der Waals surface area contributed by atoms with Crippen LogP contribution in [0.25, 0.3) is 16.7 Å². The van der Waals surface area contributed by atoms with Gasteiger partial charge >= 0.3 is 5.97 Å². The van der Waals surface area contributed by atoms with Crippen LogP contribution in [0.1, 0.15) is 44.3 Å². The molecule has 1 aliphatic heterocycles. The van der Waals surface area contributed by atoms with E-state index < -0.39 is 5.97 Å². The second kappa shape index (κ2) is 7.06. The Hall–Kier alpha value is -3.66. The minimum Gasteiger partial charge on any atom is -0.478 e. The Morgan fingerprint density at radius 3 is 2.45 bits per heavy atom. The predicted molar refractivity (Wildman–Crippen MR) is 116 cm³/mol. The van der Waals surface area contributed by atoms with Crippen LogP contribution in [0.4, 0.5) is 5.69 Å². The maximum atomic E-state index is 13.2. The van der Waals surface area contributed by atoms with Crippen molar-refractivity contribution in [2.24, 2.45) is 0 Å². The van der Waals surface area contributed by atoms with Gasteiger partial charge in [0.1, 0.15) is 0 Å². The first-order valence-corrected chi connectivity index (χ1v) is 9.49. The fraction of sp³-hybridized carbons (Fsp3) is 0.120. The third-order valence-corrected chi connectivity index (χ3v) is 5.48. The molecule has 1 N–H and O–H groups in total. The number of carbonyl (C=O) groups is 2. The summed E-state index contributed by atoms with van der Waals surface area (Å²) in [5.41, 5.74) is 6.92. The van der Waals surface area contributed by atoms with E-state index >= 15 is 0 Å². The highest BCUT2D eigenvalue weighted by Gasteiger charge is 2.27. The zero-order chi connectivity index (χ0) is 20.7. The zero-order valence-electron chi connectivity index (χ0n) is 16.4. The Balaban J connectivity index is 1.87. The number of carboxylic acid groups (broad SMARTS) is 1. The molecular formula is C25H21NO3. The maximum Gasteiger partial charge on any atom is 0.335 e. The van der Waals surface area contributed by atoms with Crippen molar-refractivity contribution in [3.63, 3.8) is 0 Å². The van der Waals surface area contributed by atoms with E-state index in [0.717, 1.165) is 39.9 Å². The standard InChI is InChI=1S/C25H21NO3/c1-4-16-8-11-23-21(12-16)15(2)20-10-9-18(14-22(20)24(27)26(23)3)17-6-5-7-19(13-17)25(28)29/h5-14H,2,4H2,1,3H3,(H,28,29). The fourth-order valence-electron chi connectivity index (χ4n) is 3.77. The minimum absolute atomic E-state index is 0.111. The van der Waals surface area contributed by atoms with Crippen molar-refractivity contribution in [2.75, 3.05) is 11.9 Å².